The molecule has 0 bridgehead atoms. The van der Waals surface area contributed by atoms with E-state index in [2.05, 4.69) is 27.7 Å². The van der Waals surface area contributed by atoms with E-state index in [4.69, 9.17) is 0 Å². The summed E-state index contributed by atoms with van der Waals surface area (Å²) in [6.07, 6.45) is 0. The molecule has 0 amide bonds. The minimum Gasteiger partial charge on any atom is -0.744 e. The van der Waals surface area contributed by atoms with Crippen molar-refractivity contribution in [1.82, 2.24) is 0 Å². The van der Waals surface area contributed by atoms with Crippen molar-refractivity contribution in [2.45, 2.75) is 64.2 Å². The van der Waals surface area contributed by atoms with Crippen LogP contribution in [0.15, 0.2) is 29.2 Å². The molecule has 3 nitrogen and oxygen atoms in total. The first-order chi connectivity index (χ1) is 11.6. The Bertz CT molecular complexity index is 1150. The van der Waals surface area contributed by atoms with Gasteiger partial charge in [0.1, 0.15) is 10.1 Å². The second-order valence-corrected chi connectivity index (χ2v) is 9.10. The predicted molar refractivity (Wildman–Crippen MR) is 98.5 cm³/mol. The zero-order valence-corrected chi connectivity index (χ0v) is 19.5. The topological polar surface area (TPSA) is 57.2 Å². The molecule has 0 fully saturated rings. The zero-order chi connectivity index (χ0) is 18.7. The molecule has 134 valence electrons. The molecule has 0 atom stereocenters. The average Bonchev–Trinajstić information content (AvgIpc) is 2.48. The van der Waals surface area contributed by atoms with Crippen molar-refractivity contribution in [3.63, 3.8) is 0 Å². The first-order valence-corrected chi connectivity index (χ1v) is 10.3. The molecule has 0 N–H and O–H groups in total. The summed E-state index contributed by atoms with van der Waals surface area (Å²) >= 11 is 0. The van der Waals surface area contributed by atoms with E-state index < -0.39 is 10.1 Å². The summed E-state index contributed by atoms with van der Waals surface area (Å²) in [4.78, 5) is 0.00398. The molecule has 0 spiro atoms. The molecule has 0 unspecified atom stereocenters. The van der Waals surface area contributed by atoms with E-state index in [-0.39, 0.29) is 52.2 Å². The van der Waals surface area contributed by atoms with Crippen molar-refractivity contribution in [1.29, 1.82) is 0 Å². The summed E-state index contributed by atoms with van der Waals surface area (Å²) in [6.45, 7) is 12.4. The van der Waals surface area contributed by atoms with E-state index >= 15 is 0 Å². The summed E-state index contributed by atoms with van der Waals surface area (Å²) in [6, 6.07) is 7.78. The fourth-order valence-corrected chi connectivity index (χ4v) is 5.31. The van der Waals surface area contributed by atoms with E-state index in [1.54, 1.807) is 0 Å². The molecule has 26 heavy (non-hydrogen) atoms. The Labute approximate surface area is 177 Å². The molecule has 0 saturated carbocycles. The van der Waals surface area contributed by atoms with Gasteiger partial charge in [0.25, 0.3) is 0 Å². The molecular weight excluding hydrogens is 355 g/mol. The van der Waals surface area contributed by atoms with E-state index in [9.17, 15) is 13.0 Å². The van der Waals surface area contributed by atoms with Crippen LogP contribution in [0.25, 0.3) is 0 Å². The van der Waals surface area contributed by atoms with Gasteiger partial charge < -0.3 is 4.55 Å². The smallest absolute Gasteiger partial charge is 0.744 e. The molecule has 0 aromatic heterocycles. The number of hydrogen-bond acceptors (Lipinski definition) is 3. The van der Waals surface area contributed by atoms with Crippen LogP contribution in [-0.4, -0.2) is 13.0 Å². The minimum absolute atomic E-state index is 0. The van der Waals surface area contributed by atoms with Gasteiger partial charge in [-0.1, -0.05) is 65.8 Å². The fraction of sp³-hybridized carbons (Fsp3) is 0.429. The third-order valence-electron chi connectivity index (χ3n) is 5.02. The maximum absolute atomic E-state index is 12.3. The molecule has 3 rings (SSSR count). The van der Waals surface area contributed by atoms with Crippen molar-refractivity contribution in [2.24, 2.45) is 0 Å². The van der Waals surface area contributed by atoms with E-state index in [1.165, 1.54) is 5.56 Å². The Kier molecular flexibility index (Phi) is 6.16. The van der Waals surface area contributed by atoms with Crippen molar-refractivity contribution < 1.29 is 42.5 Å². The number of rotatable bonds is 4. The molecule has 2 aromatic carbocycles. The van der Waals surface area contributed by atoms with Gasteiger partial charge in [0.2, 0.25) is 0 Å². The minimum atomic E-state index is -4.57. The van der Waals surface area contributed by atoms with Gasteiger partial charge in [-0.05, 0) is 50.1 Å². The summed E-state index contributed by atoms with van der Waals surface area (Å²) in [7, 11) is -4.57. The fourth-order valence-electron chi connectivity index (χ4n) is 4.23. The molecule has 1 aliphatic carbocycles. The predicted octanol–water partition coefficient (Wildman–Crippen LogP) is 1.85. The van der Waals surface area contributed by atoms with Crippen LogP contribution in [0.3, 0.4) is 0 Å². The van der Waals surface area contributed by atoms with Crippen LogP contribution in [-0.2, 0) is 10.1 Å². The first kappa shape index (κ1) is 21.6. The molecule has 0 radical (unpaired) electrons. The largest absolute Gasteiger partial charge is 1.00 e. The second kappa shape index (κ2) is 7.40. The van der Waals surface area contributed by atoms with Crippen LogP contribution >= 0.6 is 0 Å². The summed E-state index contributed by atoms with van der Waals surface area (Å²) in [5.41, 5.74) is 2.94. The van der Waals surface area contributed by atoms with Crippen LogP contribution in [0, 0.1) is 20.9 Å². The quantitative estimate of drug-likeness (QED) is 0.513. The van der Waals surface area contributed by atoms with E-state index in [1.807, 2.05) is 38.1 Å². The van der Waals surface area contributed by atoms with Gasteiger partial charge in [-0.3, -0.25) is 0 Å². The number of benzene rings is 2. The van der Waals surface area contributed by atoms with Gasteiger partial charge in [-0.15, -0.1) is 0 Å². The van der Waals surface area contributed by atoms with Gasteiger partial charge in [0.15, 0.2) is 0 Å². The van der Waals surface area contributed by atoms with E-state index in [0.717, 1.165) is 21.2 Å². The zero-order valence-electron chi connectivity index (χ0n) is 16.7. The molecular formula is C21H25NaO3S. The van der Waals surface area contributed by atoms with Crippen molar-refractivity contribution in [3.05, 3.63) is 61.8 Å². The molecule has 2 aromatic rings. The maximum atomic E-state index is 12.3. The Morgan fingerprint density at radius 3 is 1.54 bits per heavy atom. The molecule has 0 heterocycles. The molecule has 0 saturated heterocycles. The SMILES string of the molecule is CC(C)c1c(C(C)C)c(S(=O)(=O)[O-])c2c(c1C(C)C)=c1ccccc1=2.[Na+]. The Morgan fingerprint density at radius 1 is 0.731 bits per heavy atom. The number of fused-ring (bicyclic) bond motifs is 2. The van der Waals surface area contributed by atoms with Crippen molar-refractivity contribution in [3.8, 4) is 0 Å². The summed E-state index contributed by atoms with van der Waals surface area (Å²) < 4.78 is 36.8. The summed E-state index contributed by atoms with van der Waals surface area (Å²) in [5.74, 6) is 0.362. The second-order valence-electron chi connectivity index (χ2n) is 7.78. The maximum Gasteiger partial charge on any atom is 1.00 e. The number of hydrogen-bond donors (Lipinski definition) is 0. The van der Waals surface area contributed by atoms with Crippen LogP contribution in [0.5, 0.6) is 0 Å². The average molecular weight is 380 g/mol. The Morgan fingerprint density at radius 2 is 1.15 bits per heavy atom. The molecule has 1 aliphatic rings. The van der Waals surface area contributed by atoms with E-state index in [0.29, 0.717) is 10.8 Å². The standard InChI is InChI=1S/C21H26O3S.Na/c1-11(2)16-17(12(3)4)19-14-9-7-8-10-15(14)20(19)21(25(22,23)24)18(16)13(5)6;/h7-13H,1-6H3,(H,22,23,24);/q;+1/p-1. The normalized spacial score (nSPS) is 12.7. The van der Waals surface area contributed by atoms with Gasteiger partial charge in [-0.2, -0.15) is 0 Å². The van der Waals surface area contributed by atoms with Crippen LogP contribution in [0.1, 0.15) is 76.0 Å². The molecule has 5 heteroatoms. The van der Waals surface area contributed by atoms with Crippen LogP contribution in [0.2, 0.25) is 0 Å². The Hall–Kier alpha value is -0.650. The third kappa shape index (κ3) is 3.20. The monoisotopic (exact) mass is 380 g/mol. The van der Waals surface area contributed by atoms with Gasteiger partial charge >= 0.3 is 29.6 Å². The third-order valence-corrected chi connectivity index (χ3v) is 5.94. The van der Waals surface area contributed by atoms with Crippen LogP contribution < -0.4 is 29.6 Å². The van der Waals surface area contributed by atoms with Gasteiger partial charge in [0, 0.05) is 5.22 Å². The Balaban J connectivity index is 0.00000243. The van der Waals surface area contributed by atoms with Crippen LogP contribution in [0.4, 0.5) is 0 Å². The summed E-state index contributed by atoms with van der Waals surface area (Å²) in [5, 5.41) is 3.55. The first-order valence-electron chi connectivity index (χ1n) is 8.86. The van der Waals surface area contributed by atoms with Crippen molar-refractivity contribution in [2.75, 3.05) is 0 Å². The molecule has 0 aliphatic heterocycles. The van der Waals surface area contributed by atoms with Gasteiger partial charge in [-0.25, -0.2) is 8.42 Å². The van der Waals surface area contributed by atoms with Crippen molar-refractivity contribution >= 4 is 10.1 Å². The van der Waals surface area contributed by atoms with Gasteiger partial charge in [0.05, 0.1) is 4.90 Å².